The number of anilines is 1. The number of aliphatic imine (C=N–C) groups is 1. The minimum Gasteiger partial charge on any atom is -0.503 e. The van der Waals surface area contributed by atoms with E-state index < -0.39 is 0 Å². The molecule has 0 N–H and O–H groups in total. The fraction of sp³-hybridized carbons (Fsp3) is 0.446. The van der Waals surface area contributed by atoms with Gasteiger partial charge in [-0.3, -0.25) is 0 Å². The summed E-state index contributed by atoms with van der Waals surface area (Å²) in [4.78, 5) is 13.5. The van der Waals surface area contributed by atoms with Gasteiger partial charge in [0.15, 0.2) is 0 Å². The number of nitrogens with zero attached hydrogens (tertiary/aromatic N) is 4. The van der Waals surface area contributed by atoms with Crippen molar-refractivity contribution in [2.75, 3.05) is 11.4 Å². The molecule has 0 spiro atoms. The van der Waals surface area contributed by atoms with Gasteiger partial charge in [0.2, 0.25) is 0 Å². The van der Waals surface area contributed by atoms with E-state index in [1.54, 1.807) is 0 Å². The SMILES string of the molecule is Cc1cc(C)c(-c2cc(Oc3[c-]c4c(cc3C)C(C)(C)c3cc(C(C)(C)C)cc5c6cc(C)cnc6n-4c35)[c-]c(C3=N[C@H](C(C(C)C)C(C)C)CN3c3cc(C(C)(C)C)cc(C(C)(C)C)c3)c2)c(C)c1.[Pt+2]. The van der Waals surface area contributed by atoms with Gasteiger partial charge in [-0.1, -0.05) is 164 Å². The predicted molar refractivity (Wildman–Crippen MR) is 297 cm³/mol. The Balaban J connectivity index is 0.00000676. The molecule has 5 aromatic carbocycles. The van der Waals surface area contributed by atoms with Crippen molar-refractivity contribution in [3.63, 3.8) is 0 Å². The summed E-state index contributed by atoms with van der Waals surface area (Å²) in [7, 11) is 0. The van der Waals surface area contributed by atoms with E-state index in [0.717, 1.165) is 51.4 Å². The van der Waals surface area contributed by atoms with Gasteiger partial charge in [0.1, 0.15) is 5.65 Å². The third-order valence-corrected chi connectivity index (χ3v) is 15.6. The summed E-state index contributed by atoms with van der Waals surface area (Å²) in [5.74, 6) is 3.58. The number of hydrogen-bond donors (Lipinski definition) is 0. The van der Waals surface area contributed by atoms with Crippen LogP contribution in [0.2, 0.25) is 0 Å². The van der Waals surface area contributed by atoms with Gasteiger partial charge in [0, 0.05) is 40.7 Å². The number of aromatic nitrogens is 2. The van der Waals surface area contributed by atoms with Crippen LogP contribution in [0.15, 0.2) is 77.9 Å². The van der Waals surface area contributed by atoms with Crippen LogP contribution in [-0.4, -0.2) is 28.0 Å². The molecule has 2 aliphatic heterocycles. The molecule has 0 amide bonds. The third-order valence-electron chi connectivity index (χ3n) is 15.6. The molecule has 9 rings (SSSR count). The van der Waals surface area contributed by atoms with Gasteiger partial charge < -0.3 is 19.2 Å². The summed E-state index contributed by atoms with van der Waals surface area (Å²) >= 11 is 0. The quantitative estimate of drug-likeness (QED) is 0.142. The van der Waals surface area contributed by atoms with E-state index in [1.807, 2.05) is 6.20 Å². The molecular formula is C65H78N4OPt. The van der Waals surface area contributed by atoms with E-state index >= 15 is 0 Å². The number of pyridine rings is 1. The Kier molecular flexibility index (Phi) is 13.4. The van der Waals surface area contributed by atoms with Crippen LogP contribution in [0, 0.1) is 64.5 Å². The van der Waals surface area contributed by atoms with Crippen LogP contribution < -0.4 is 9.64 Å². The van der Waals surface area contributed by atoms with Crippen LogP contribution in [0.3, 0.4) is 0 Å². The second-order valence-electron chi connectivity index (χ2n) is 25.5. The molecule has 4 heterocycles. The van der Waals surface area contributed by atoms with Gasteiger partial charge in [0.05, 0.1) is 17.4 Å². The normalized spacial score (nSPS) is 15.8. The monoisotopic (exact) mass is 1130 g/mol. The molecule has 0 saturated heterocycles. The molecular weight excluding hydrogens is 1050 g/mol. The summed E-state index contributed by atoms with van der Waals surface area (Å²) < 4.78 is 9.62. The van der Waals surface area contributed by atoms with Gasteiger partial charge in [0.25, 0.3) is 0 Å². The number of ether oxygens (including phenoxy) is 1. The molecule has 0 bridgehead atoms. The number of benzene rings is 5. The van der Waals surface area contributed by atoms with E-state index in [-0.39, 0.29) is 48.8 Å². The first kappa shape index (κ1) is 52.3. The van der Waals surface area contributed by atoms with Crippen molar-refractivity contribution in [1.29, 1.82) is 0 Å². The predicted octanol–water partition coefficient (Wildman–Crippen LogP) is 16.9. The van der Waals surface area contributed by atoms with Gasteiger partial charge in [-0.2, -0.15) is 6.07 Å². The van der Waals surface area contributed by atoms with Crippen LogP contribution in [-0.2, 0) is 42.7 Å². The van der Waals surface area contributed by atoms with Crippen molar-refractivity contribution >= 4 is 33.5 Å². The molecule has 374 valence electrons. The largest absolute Gasteiger partial charge is 2.00 e. The fourth-order valence-corrected chi connectivity index (χ4v) is 11.9. The summed E-state index contributed by atoms with van der Waals surface area (Å²) in [6.07, 6.45) is 1.99. The minimum atomic E-state index is -0.310. The molecule has 0 radical (unpaired) electrons. The molecule has 2 aliphatic rings. The van der Waals surface area contributed by atoms with Crippen LogP contribution in [0.1, 0.15) is 165 Å². The number of fused-ring (bicyclic) bond motifs is 5. The maximum absolute atomic E-state index is 7.27. The van der Waals surface area contributed by atoms with Crippen LogP contribution >= 0.6 is 0 Å². The Labute approximate surface area is 441 Å². The average molecular weight is 1130 g/mol. The van der Waals surface area contributed by atoms with E-state index in [4.69, 9.17) is 14.7 Å². The van der Waals surface area contributed by atoms with Crippen molar-refractivity contribution < 1.29 is 25.8 Å². The van der Waals surface area contributed by atoms with Crippen LogP contribution in [0.5, 0.6) is 11.5 Å². The second kappa shape index (κ2) is 18.2. The second-order valence-corrected chi connectivity index (χ2v) is 25.5. The maximum Gasteiger partial charge on any atom is 2.00 e. The molecule has 5 nitrogen and oxygen atoms in total. The zero-order chi connectivity index (χ0) is 50.9. The molecule has 0 aliphatic carbocycles. The van der Waals surface area contributed by atoms with Gasteiger partial charge in [-0.25, -0.2) is 4.98 Å². The van der Waals surface area contributed by atoms with Gasteiger partial charge >= 0.3 is 21.1 Å². The number of amidine groups is 1. The smallest absolute Gasteiger partial charge is 0.503 e. The zero-order valence-corrected chi connectivity index (χ0v) is 48.7. The summed E-state index contributed by atoms with van der Waals surface area (Å²) in [6, 6.07) is 33.7. The molecule has 6 heteroatoms. The van der Waals surface area contributed by atoms with Crippen LogP contribution in [0.25, 0.3) is 38.8 Å². The number of aryl methyl sites for hydroxylation is 5. The first-order valence-corrected chi connectivity index (χ1v) is 25.9. The number of hydrogen-bond acceptors (Lipinski definition) is 4. The Bertz CT molecular complexity index is 3200. The average Bonchev–Trinajstić information content (AvgIpc) is 3.81. The Morgan fingerprint density at radius 1 is 0.648 bits per heavy atom. The van der Waals surface area contributed by atoms with E-state index in [2.05, 4.69) is 227 Å². The van der Waals surface area contributed by atoms with E-state index in [0.29, 0.717) is 29.3 Å². The minimum absolute atomic E-state index is 0. The molecule has 0 fully saturated rings. The zero-order valence-electron chi connectivity index (χ0n) is 46.5. The summed E-state index contributed by atoms with van der Waals surface area (Å²) in [6.45, 7) is 46.8. The van der Waals surface area contributed by atoms with Crippen molar-refractivity contribution in [3.05, 3.63) is 146 Å². The fourth-order valence-electron chi connectivity index (χ4n) is 11.9. The molecule has 71 heavy (non-hydrogen) atoms. The molecule has 7 aromatic rings. The van der Waals surface area contributed by atoms with Crippen molar-refractivity contribution in [2.45, 2.75) is 166 Å². The van der Waals surface area contributed by atoms with Gasteiger partial charge in [-0.15, -0.1) is 28.8 Å². The van der Waals surface area contributed by atoms with Gasteiger partial charge in [-0.05, 0) is 136 Å². The first-order chi connectivity index (χ1) is 32.5. The van der Waals surface area contributed by atoms with Crippen molar-refractivity contribution in [1.82, 2.24) is 9.55 Å². The summed E-state index contributed by atoms with van der Waals surface area (Å²) in [5, 5.41) is 2.40. The molecule has 0 unspecified atom stereocenters. The molecule has 0 saturated carbocycles. The van der Waals surface area contributed by atoms with Crippen molar-refractivity contribution in [3.8, 4) is 28.3 Å². The van der Waals surface area contributed by atoms with Crippen molar-refractivity contribution in [2.24, 2.45) is 22.7 Å². The van der Waals surface area contributed by atoms with E-state index in [9.17, 15) is 0 Å². The third kappa shape index (κ3) is 9.36. The maximum atomic E-state index is 7.27. The standard InChI is InChI=1S/C65H78N4O.Pt/c1-36(2)57(37(3)4)54-35-68(48-29-45(62(10,11)12)28-46(30-48)63(13,14)15)60(67-54)44-25-43(58-41(8)21-38(5)22-42(58)9)26-49(27-44)70-56-33-55-52(24-40(56)7)65(19,20)53-32-47(64(16,17)18)31-50-51-23-39(6)34-66-61(51)69(55)59(50)53;/h21-26,28-32,34,36-37,54,57H,35H2,1-20H3;/q-2;+2/t54-;/m0./s1. The Hall–Kier alpha value is -4.99. The summed E-state index contributed by atoms with van der Waals surface area (Å²) in [5.41, 5.74) is 19.5. The molecule has 1 atom stereocenters. The topological polar surface area (TPSA) is 42.6 Å². The van der Waals surface area contributed by atoms with E-state index in [1.165, 1.54) is 66.7 Å². The first-order valence-electron chi connectivity index (χ1n) is 25.9. The number of rotatable bonds is 8. The Morgan fingerprint density at radius 2 is 1.24 bits per heavy atom. The van der Waals surface area contributed by atoms with Crippen LogP contribution in [0.4, 0.5) is 5.69 Å². The molecule has 2 aromatic heterocycles. The Morgan fingerprint density at radius 3 is 1.82 bits per heavy atom.